The molecular formula is C16H24N6O. The number of rotatable bonds is 5. The average Bonchev–Trinajstić information content (AvgIpc) is 2.90. The van der Waals surface area contributed by atoms with E-state index in [0.29, 0.717) is 18.4 Å². The Balaban J connectivity index is 1.75. The van der Waals surface area contributed by atoms with Crippen LogP contribution in [0.3, 0.4) is 0 Å². The Morgan fingerprint density at radius 3 is 2.87 bits per heavy atom. The highest BCUT2D eigenvalue weighted by Crippen LogP contribution is 2.25. The molecule has 0 aromatic carbocycles. The van der Waals surface area contributed by atoms with Crippen LogP contribution < -0.4 is 10.6 Å². The van der Waals surface area contributed by atoms with Crippen LogP contribution in [0.1, 0.15) is 32.1 Å². The molecule has 0 bridgehead atoms. The molecule has 1 fully saturated rings. The second kappa shape index (κ2) is 6.95. The first-order valence-corrected chi connectivity index (χ1v) is 8.17. The number of nitrogens with zero attached hydrogens (tertiary/aromatic N) is 3. The van der Waals surface area contributed by atoms with Crippen LogP contribution >= 0.6 is 0 Å². The number of likely N-dealkylation sites (N-methyl/N-ethyl adjacent to an activating group) is 1. The number of anilines is 2. The zero-order chi connectivity index (χ0) is 16.2. The molecule has 0 aliphatic heterocycles. The smallest absolute Gasteiger partial charge is 0.239 e. The number of H-pyrrole nitrogens is 1. The minimum Gasteiger partial charge on any atom is -0.367 e. The van der Waals surface area contributed by atoms with E-state index in [9.17, 15) is 4.79 Å². The molecule has 23 heavy (non-hydrogen) atoms. The predicted octanol–water partition coefficient (Wildman–Crippen LogP) is 2.20. The van der Waals surface area contributed by atoms with Crippen molar-refractivity contribution in [1.82, 2.24) is 20.1 Å². The van der Waals surface area contributed by atoms with Crippen molar-refractivity contribution in [3.8, 4) is 0 Å². The molecule has 3 N–H and O–H groups in total. The largest absolute Gasteiger partial charge is 0.367 e. The van der Waals surface area contributed by atoms with Crippen molar-refractivity contribution in [3.05, 3.63) is 12.3 Å². The van der Waals surface area contributed by atoms with Gasteiger partial charge in [0.2, 0.25) is 5.91 Å². The lowest BCUT2D eigenvalue weighted by Crippen LogP contribution is -2.27. The Morgan fingerprint density at radius 1 is 1.35 bits per heavy atom. The summed E-state index contributed by atoms with van der Waals surface area (Å²) in [5.74, 6) is 1.32. The van der Waals surface area contributed by atoms with Crippen LogP contribution in [0.25, 0.3) is 10.9 Å². The van der Waals surface area contributed by atoms with Crippen LogP contribution in [0.15, 0.2) is 12.3 Å². The number of hydrogen-bond acceptors (Lipinski definition) is 5. The second-order valence-corrected chi connectivity index (χ2v) is 6.45. The Morgan fingerprint density at radius 2 is 2.13 bits per heavy atom. The molecular weight excluding hydrogens is 292 g/mol. The molecule has 1 amide bonds. The van der Waals surface area contributed by atoms with Gasteiger partial charge >= 0.3 is 0 Å². The third-order valence-corrected chi connectivity index (χ3v) is 4.12. The lowest BCUT2D eigenvalue weighted by molar-refractivity contribution is -0.116. The summed E-state index contributed by atoms with van der Waals surface area (Å²) in [5, 5.41) is 14.3. The first-order chi connectivity index (χ1) is 11.1. The summed E-state index contributed by atoms with van der Waals surface area (Å²) >= 11 is 0. The van der Waals surface area contributed by atoms with E-state index in [1.165, 1.54) is 32.1 Å². The van der Waals surface area contributed by atoms with E-state index in [-0.39, 0.29) is 5.91 Å². The van der Waals surface area contributed by atoms with Gasteiger partial charge in [-0.2, -0.15) is 5.10 Å². The molecule has 7 nitrogen and oxygen atoms in total. The third kappa shape index (κ3) is 3.98. The molecule has 3 rings (SSSR count). The van der Waals surface area contributed by atoms with Crippen molar-refractivity contribution in [1.29, 1.82) is 0 Å². The van der Waals surface area contributed by atoms with Crippen molar-refractivity contribution in [3.63, 3.8) is 0 Å². The molecule has 0 radical (unpaired) electrons. The zero-order valence-corrected chi connectivity index (χ0v) is 13.7. The summed E-state index contributed by atoms with van der Waals surface area (Å²) < 4.78 is 0. The highest BCUT2D eigenvalue weighted by molar-refractivity contribution is 6.00. The van der Waals surface area contributed by atoms with Gasteiger partial charge in [-0.3, -0.25) is 9.89 Å². The third-order valence-electron chi connectivity index (χ3n) is 4.12. The maximum atomic E-state index is 11.9. The molecule has 2 heterocycles. The quantitative estimate of drug-likeness (QED) is 0.787. The molecule has 1 aliphatic rings. The monoisotopic (exact) mass is 316 g/mol. The maximum Gasteiger partial charge on any atom is 0.239 e. The van der Waals surface area contributed by atoms with Gasteiger partial charge in [-0.25, -0.2) is 4.98 Å². The fourth-order valence-electron chi connectivity index (χ4n) is 3.01. The minimum atomic E-state index is -0.0815. The molecule has 124 valence electrons. The molecule has 0 atom stereocenters. The molecule has 1 aliphatic carbocycles. The van der Waals surface area contributed by atoms with Crippen LogP contribution in [0.4, 0.5) is 11.6 Å². The Bertz CT molecular complexity index is 674. The SMILES string of the molecule is CN(C)CC(=O)Nc1n[nH]c2cnc(NC3CCCCC3)cc12. The van der Waals surface area contributed by atoms with Gasteiger partial charge in [-0.15, -0.1) is 0 Å². The highest BCUT2D eigenvalue weighted by atomic mass is 16.2. The molecule has 0 spiro atoms. The fraction of sp³-hybridized carbons (Fsp3) is 0.562. The topological polar surface area (TPSA) is 85.9 Å². The Kier molecular flexibility index (Phi) is 4.76. The first kappa shape index (κ1) is 15.7. The number of aromatic nitrogens is 3. The van der Waals surface area contributed by atoms with Gasteiger partial charge in [0, 0.05) is 11.4 Å². The van der Waals surface area contributed by atoms with E-state index in [2.05, 4.69) is 25.8 Å². The average molecular weight is 316 g/mol. The number of amides is 1. The molecule has 0 saturated heterocycles. The lowest BCUT2D eigenvalue weighted by Gasteiger charge is -2.23. The summed E-state index contributed by atoms with van der Waals surface area (Å²) in [7, 11) is 3.72. The standard InChI is InChI=1S/C16H24N6O/c1-22(2)10-15(23)19-16-12-8-14(17-9-13(12)20-21-16)18-11-6-4-3-5-7-11/h8-9,11H,3-7,10H2,1-2H3,(H,17,18)(H2,19,20,21,23). The minimum absolute atomic E-state index is 0.0815. The van der Waals surface area contributed by atoms with Crippen molar-refractivity contribution >= 4 is 28.4 Å². The van der Waals surface area contributed by atoms with Crippen LogP contribution in [0.5, 0.6) is 0 Å². The van der Waals surface area contributed by atoms with Gasteiger partial charge < -0.3 is 15.5 Å². The highest BCUT2D eigenvalue weighted by Gasteiger charge is 2.15. The van der Waals surface area contributed by atoms with Crippen LogP contribution in [0.2, 0.25) is 0 Å². The van der Waals surface area contributed by atoms with Crippen LogP contribution in [0, 0.1) is 0 Å². The van der Waals surface area contributed by atoms with Crippen LogP contribution in [-0.2, 0) is 4.79 Å². The predicted molar refractivity (Wildman–Crippen MR) is 91.6 cm³/mol. The van der Waals surface area contributed by atoms with Gasteiger partial charge in [0.1, 0.15) is 5.82 Å². The molecule has 1 saturated carbocycles. The van der Waals surface area contributed by atoms with E-state index in [1.807, 2.05) is 25.1 Å². The fourth-order valence-corrected chi connectivity index (χ4v) is 3.01. The number of aromatic amines is 1. The lowest BCUT2D eigenvalue weighted by atomic mass is 9.95. The molecule has 0 unspecified atom stereocenters. The summed E-state index contributed by atoms with van der Waals surface area (Å²) in [5.41, 5.74) is 0.819. The maximum absolute atomic E-state index is 11.9. The number of fused-ring (bicyclic) bond motifs is 1. The number of pyridine rings is 1. The molecule has 7 heteroatoms. The van der Waals surface area contributed by atoms with E-state index in [1.54, 1.807) is 6.20 Å². The number of carbonyl (C=O) groups is 1. The van der Waals surface area contributed by atoms with Gasteiger partial charge in [0.15, 0.2) is 5.82 Å². The molecule has 2 aromatic heterocycles. The van der Waals surface area contributed by atoms with E-state index >= 15 is 0 Å². The van der Waals surface area contributed by atoms with Crippen molar-refractivity contribution in [2.24, 2.45) is 0 Å². The molecule has 2 aromatic rings. The Labute approximate surface area is 135 Å². The summed E-state index contributed by atoms with van der Waals surface area (Å²) in [6.45, 7) is 0.326. The van der Waals surface area contributed by atoms with Gasteiger partial charge in [-0.1, -0.05) is 19.3 Å². The van der Waals surface area contributed by atoms with Gasteiger partial charge in [-0.05, 0) is 33.0 Å². The van der Waals surface area contributed by atoms with Crippen molar-refractivity contribution in [2.45, 2.75) is 38.1 Å². The Hall–Kier alpha value is -2.15. The summed E-state index contributed by atoms with van der Waals surface area (Å²) in [6, 6.07) is 2.45. The van der Waals surface area contributed by atoms with Crippen molar-refractivity contribution < 1.29 is 4.79 Å². The van der Waals surface area contributed by atoms with E-state index in [4.69, 9.17) is 0 Å². The van der Waals surface area contributed by atoms with E-state index < -0.39 is 0 Å². The normalized spacial score (nSPS) is 16.0. The van der Waals surface area contributed by atoms with Gasteiger partial charge in [0.05, 0.1) is 18.3 Å². The first-order valence-electron chi connectivity index (χ1n) is 8.17. The number of nitrogens with one attached hydrogen (secondary N) is 3. The van der Waals surface area contributed by atoms with Crippen molar-refractivity contribution in [2.75, 3.05) is 31.3 Å². The van der Waals surface area contributed by atoms with E-state index in [0.717, 1.165) is 16.7 Å². The zero-order valence-electron chi connectivity index (χ0n) is 13.7. The number of hydrogen-bond donors (Lipinski definition) is 3. The van der Waals surface area contributed by atoms with Crippen LogP contribution in [-0.4, -0.2) is 52.7 Å². The number of carbonyl (C=O) groups excluding carboxylic acids is 1. The second-order valence-electron chi connectivity index (χ2n) is 6.45. The van der Waals surface area contributed by atoms with Gasteiger partial charge in [0.25, 0.3) is 0 Å². The summed E-state index contributed by atoms with van der Waals surface area (Å²) in [4.78, 5) is 18.2. The summed E-state index contributed by atoms with van der Waals surface area (Å²) in [6.07, 6.45) is 8.02.